The van der Waals surface area contributed by atoms with Crippen LogP contribution in [-0.2, 0) is 0 Å². The second kappa shape index (κ2) is 5.09. The highest BCUT2D eigenvalue weighted by molar-refractivity contribution is 6.23. The lowest BCUT2D eigenvalue weighted by Crippen LogP contribution is -2.24. The molecule has 0 saturated heterocycles. The molecule has 0 saturated carbocycles. The number of amides is 3. The van der Waals surface area contributed by atoms with Gasteiger partial charge in [0.2, 0.25) is 0 Å². The molecule has 1 aliphatic rings. The SMILES string of the molecule is CNC(=O)c1ccc(-n2c(N)c3c(cc2=O)C(=O)NC3=O)cc1. The molecule has 2 aromatic rings. The minimum absolute atomic E-state index is 0.0232. The number of nitrogens with one attached hydrogen (secondary N) is 2. The highest BCUT2D eigenvalue weighted by Gasteiger charge is 2.31. The molecular formula is C15H12N4O4. The molecule has 2 heterocycles. The first-order valence-electron chi connectivity index (χ1n) is 6.67. The van der Waals surface area contributed by atoms with Crippen LogP contribution in [0, 0.1) is 0 Å². The van der Waals surface area contributed by atoms with Gasteiger partial charge in [0.05, 0.1) is 16.8 Å². The standard InChI is InChI=1S/C15H12N4O4/c1-17-13(21)7-2-4-8(5-3-7)19-10(20)6-9-11(12(19)16)15(23)18-14(9)22/h2-6H,16H2,1H3,(H,17,21)(H,18,22,23). The third kappa shape index (κ3) is 2.16. The molecule has 8 nitrogen and oxygen atoms in total. The van der Waals surface area contributed by atoms with E-state index >= 15 is 0 Å². The molecule has 8 heteroatoms. The average Bonchev–Trinajstić information content (AvgIpc) is 2.81. The second-order valence-corrected chi connectivity index (χ2v) is 4.90. The summed E-state index contributed by atoms with van der Waals surface area (Å²) in [6.07, 6.45) is 0. The van der Waals surface area contributed by atoms with E-state index in [9.17, 15) is 19.2 Å². The number of hydrogen-bond acceptors (Lipinski definition) is 5. The predicted molar refractivity (Wildman–Crippen MR) is 81.6 cm³/mol. The van der Waals surface area contributed by atoms with E-state index in [1.165, 1.54) is 31.3 Å². The number of imide groups is 1. The fraction of sp³-hybridized carbons (Fsp3) is 0.0667. The third-order valence-corrected chi connectivity index (χ3v) is 3.57. The van der Waals surface area contributed by atoms with Crippen molar-refractivity contribution in [2.45, 2.75) is 0 Å². The maximum Gasteiger partial charge on any atom is 0.262 e. The first-order chi connectivity index (χ1) is 10.9. The van der Waals surface area contributed by atoms with Gasteiger partial charge in [0, 0.05) is 18.7 Å². The Kier molecular flexibility index (Phi) is 3.21. The Morgan fingerprint density at radius 1 is 1.13 bits per heavy atom. The van der Waals surface area contributed by atoms with E-state index in [4.69, 9.17) is 5.73 Å². The fourth-order valence-electron chi connectivity index (χ4n) is 2.45. The summed E-state index contributed by atoms with van der Waals surface area (Å²) in [5.41, 5.74) is 6.12. The van der Waals surface area contributed by atoms with Crippen LogP contribution in [-0.4, -0.2) is 29.3 Å². The molecule has 0 bridgehead atoms. The van der Waals surface area contributed by atoms with Crippen molar-refractivity contribution in [3.63, 3.8) is 0 Å². The van der Waals surface area contributed by atoms with Gasteiger partial charge < -0.3 is 11.1 Å². The van der Waals surface area contributed by atoms with Gasteiger partial charge in [-0.15, -0.1) is 0 Å². The monoisotopic (exact) mass is 312 g/mol. The van der Waals surface area contributed by atoms with Crippen molar-refractivity contribution in [3.05, 3.63) is 57.4 Å². The lowest BCUT2D eigenvalue weighted by atomic mass is 10.1. The Hall–Kier alpha value is -3.42. The minimum atomic E-state index is -0.643. The summed E-state index contributed by atoms with van der Waals surface area (Å²) < 4.78 is 1.12. The molecule has 0 fully saturated rings. The summed E-state index contributed by atoms with van der Waals surface area (Å²) in [4.78, 5) is 47.2. The number of carbonyl (C=O) groups is 3. The number of benzene rings is 1. The van der Waals surface area contributed by atoms with Gasteiger partial charge in [0.25, 0.3) is 23.3 Å². The number of carbonyl (C=O) groups excluding carboxylic acids is 3. The van der Waals surface area contributed by atoms with Crippen molar-refractivity contribution >= 4 is 23.5 Å². The highest BCUT2D eigenvalue weighted by Crippen LogP contribution is 2.22. The number of pyridine rings is 1. The quantitative estimate of drug-likeness (QED) is 0.655. The smallest absolute Gasteiger partial charge is 0.262 e. The Labute approximate surface area is 129 Å². The molecule has 4 N–H and O–H groups in total. The van der Waals surface area contributed by atoms with E-state index in [2.05, 4.69) is 10.6 Å². The van der Waals surface area contributed by atoms with Crippen LogP contribution >= 0.6 is 0 Å². The van der Waals surface area contributed by atoms with Gasteiger partial charge in [0.15, 0.2) is 0 Å². The molecule has 116 valence electrons. The molecular weight excluding hydrogens is 300 g/mol. The van der Waals surface area contributed by atoms with Crippen LogP contribution in [0.4, 0.5) is 5.82 Å². The number of hydrogen-bond donors (Lipinski definition) is 3. The van der Waals surface area contributed by atoms with E-state index in [-0.39, 0.29) is 22.9 Å². The predicted octanol–water partition coefficient (Wildman–Crippen LogP) is -0.337. The number of fused-ring (bicyclic) bond motifs is 1. The summed E-state index contributed by atoms with van der Waals surface area (Å²) in [6.45, 7) is 0. The Balaban J connectivity index is 2.17. The van der Waals surface area contributed by atoms with Crippen molar-refractivity contribution in [1.29, 1.82) is 0 Å². The molecule has 0 spiro atoms. The van der Waals surface area contributed by atoms with E-state index in [0.717, 1.165) is 10.6 Å². The van der Waals surface area contributed by atoms with Crippen LogP contribution < -0.4 is 21.9 Å². The molecule has 23 heavy (non-hydrogen) atoms. The fourth-order valence-corrected chi connectivity index (χ4v) is 2.45. The lowest BCUT2D eigenvalue weighted by Gasteiger charge is -2.12. The number of anilines is 1. The Morgan fingerprint density at radius 2 is 1.78 bits per heavy atom. The Morgan fingerprint density at radius 3 is 2.39 bits per heavy atom. The molecule has 0 aliphatic carbocycles. The molecule has 0 unspecified atom stereocenters. The molecule has 0 atom stereocenters. The maximum atomic E-state index is 12.2. The van der Waals surface area contributed by atoms with Gasteiger partial charge in [-0.3, -0.25) is 29.1 Å². The van der Waals surface area contributed by atoms with Gasteiger partial charge in [-0.05, 0) is 24.3 Å². The van der Waals surface area contributed by atoms with Gasteiger partial charge >= 0.3 is 0 Å². The number of nitrogens with two attached hydrogens (primary N) is 1. The van der Waals surface area contributed by atoms with Crippen molar-refractivity contribution in [3.8, 4) is 5.69 Å². The normalized spacial score (nSPS) is 12.7. The summed E-state index contributed by atoms with van der Waals surface area (Å²) in [7, 11) is 1.51. The molecule has 3 rings (SSSR count). The first-order valence-corrected chi connectivity index (χ1v) is 6.67. The molecule has 1 aromatic carbocycles. The van der Waals surface area contributed by atoms with Crippen LogP contribution in [0.2, 0.25) is 0 Å². The topological polar surface area (TPSA) is 123 Å². The number of nitrogens with zero attached hydrogens (tertiary/aromatic N) is 1. The summed E-state index contributed by atoms with van der Waals surface area (Å²) in [5, 5.41) is 4.58. The zero-order valence-corrected chi connectivity index (χ0v) is 12.0. The van der Waals surface area contributed by atoms with Crippen LogP contribution in [0.3, 0.4) is 0 Å². The van der Waals surface area contributed by atoms with Crippen molar-refractivity contribution in [2.24, 2.45) is 0 Å². The molecule has 1 aromatic heterocycles. The van der Waals surface area contributed by atoms with Crippen molar-refractivity contribution in [1.82, 2.24) is 15.2 Å². The molecule has 1 aliphatic heterocycles. The van der Waals surface area contributed by atoms with E-state index < -0.39 is 17.4 Å². The Bertz CT molecular complexity index is 912. The summed E-state index contributed by atoms with van der Waals surface area (Å²) in [5.74, 6) is -1.67. The average molecular weight is 312 g/mol. The minimum Gasteiger partial charge on any atom is -0.384 e. The van der Waals surface area contributed by atoms with Crippen LogP contribution in [0.15, 0.2) is 35.1 Å². The van der Waals surface area contributed by atoms with Crippen LogP contribution in [0.25, 0.3) is 5.69 Å². The van der Waals surface area contributed by atoms with E-state index in [0.29, 0.717) is 11.3 Å². The lowest BCUT2D eigenvalue weighted by molar-refractivity contribution is 0.0878. The largest absolute Gasteiger partial charge is 0.384 e. The van der Waals surface area contributed by atoms with Crippen LogP contribution in [0.5, 0.6) is 0 Å². The van der Waals surface area contributed by atoms with Crippen molar-refractivity contribution < 1.29 is 14.4 Å². The summed E-state index contributed by atoms with van der Waals surface area (Å²) in [6, 6.07) is 7.18. The third-order valence-electron chi connectivity index (χ3n) is 3.57. The number of aromatic nitrogens is 1. The zero-order valence-electron chi connectivity index (χ0n) is 12.0. The molecule has 3 amide bonds. The van der Waals surface area contributed by atoms with Gasteiger partial charge in [-0.1, -0.05) is 0 Å². The first kappa shape index (κ1) is 14.5. The maximum absolute atomic E-state index is 12.2. The van der Waals surface area contributed by atoms with Gasteiger partial charge in [-0.2, -0.15) is 0 Å². The zero-order chi connectivity index (χ0) is 16.7. The van der Waals surface area contributed by atoms with E-state index in [1.807, 2.05) is 0 Å². The van der Waals surface area contributed by atoms with Crippen molar-refractivity contribution in [2.75, 3.05) is 12.8 Å². The second-order valence-electron chi connectivity index (χ2n) is 4.90. The molecule has 0 radical (unpaired) electrons. The summed E-state index contributed by atoms with van der Waals surface area (Å²) >= 11 is 0. The van der Waals surface area contributed by atoms with Gasteiger partial charge in [-0.25, -0.2) is 0 Å². The van der Waals surface area contributed by atoms with E-state index in [1.54, 1.807) is 0 Å². The van der Waals surface area contributed by atoms with Gasteiger partial charge in [0.1, 0.15) is 5.82 Å². The van der Waals surface area contributed by atoms with Crippen LogP contribution in [0.1, 0.15) is 31.1 Å². The highest BCUT2D eigenvalue weighted by atomic mass is 16.2. The number of nitrogen functional groups attached to an aromatic ring is 1. The number of rotatable bonds is 2.